The molecule has 0 bridgehead atoms. The van der Waals surface area contributed by atoms with Crippen LogP contribution in [0.15, 0.2) is 36.1 Å². The normalized spacial score (nSPS) is 23.5. The van der Waals surface area contributed by atoms with Crippen LogP contribution >= 0.6 is 0 Å². The van der Waals surface area contributed by atoms with Gasteiger partial charge >= 0.3 is 0 Å². The van der Waals surface area contributed by atoms with Crippen molar-refractivity contribution in [3.8, 4) is 0 Å². The first-order valence-electron chi connectivity index (χ1n) is 3.76. The highest BCUT2D eigenvalue weighted by Crippen LogP contribution is 2.22. The summed E-state index contributed by atoms with van der Waals surface area (Å²) in [5.41, 5.74) is 0. The van der Waals surface area contributed by atoms with E-state index >= 15 is 0 Å². The maximum absolute atomic E-state index is 3.81. The van der Waals surface area contributed by atoms with Gasteiger partial charge in [0.05, 0.1) is 8.80 Å². The van der Waals surface area contributed by atoms with E-state index < -0.39 is 8.80 Å². The van der Waals surface area contributed by atoms with E-state index in [2.05, 4.69) is 37.9 Å². The average molecular weight is 150 g/mol. The van der Waals surface area contributed by atoms with Gasteiger partial charge in [-0.05, 0) is 0 Å². The Labute approximate surface area is 64.6 Å². The van der Waals surface area contributed by atoms with Gasteiger partial charge in [0.25, 0.3) is 0 Å². The van der Waals surface area contributed by atoms with Crippen LogP contribution in [0.2, 0.25) is 13.1 Å². The molecule has 0 heterocycles. The Morgan fingerprint density at radius 2 is 2.30 bits per heavy atom. The monoisotopic (exact) mass is 150 g/mol. The third kappa shape index (κ3) is 1.29. The lowest BCUT2D eigenvalue weighted by atomic mass is 10.2. The summed E-state index contributed by atoms with van der Waals surface area (Å²) in [7, 11) is -0.571. The van der Waals surface area contributed by atoms with E-state index in [1.165, 1.54) is 0 Å². The first-order chi connectivity index (χ1) is 4.75. The Hall–Kier alpha value is -0.563. The van der Waals surface area contributed by atoms with Gasteiger partial charge in [0.15, 0.2) is 0 Å². The highest BCUT2D eigenvalue weighted by atomic mass is 28.3. The van der Waals surface area contributed by atoms with E-state index in [0.29, 0.717) is 5.92 Å². The van der Waals surface area contributed by atoms with Gasteiger partial charge in [-0.3, -0.25) is 0 Å². The maximum Gasteiger partial charge on any atom is 0.0607 e. The molecule has 0 saturated carbocycles. The molecule has 1 rings (SSSR count). The molecule has 0 spiro atoms. The highest BCUT2D eigenvalue weighted by Gasteiger charge is 2.13. The second-order valence-corrected chi connectivity index (χ2v) is 5.94. The Kier molecular flexibility index (Phi) is 2.28. The quantitative estimate of drug-likeness (QED) is 0.418. The molecule has 54 valence electrons. The van der Waals surface area contributed by atoms with Crippen LogP contribution in [0.4, 0.5) is 0 Å². The largest absolute Gasteiger partial charge is 0.102 e. The zero-order valence-corrected chi connectivity index (χ0v) is 7.83. The van der Waals surface area contributed by atoms with Crippen LogP contribution in [0.25, 0.3) is 0 Å². The molecule has 0 radical (unpaired) electrons. The van der Waals surface area contributed by atoms with Gasteiger partial charge in [-0.15, -0.1) is 6.58 Å². The van der Waals surface area contributed by atoms with Gasteiger partial charge in [0.1, 0.15) is 0 Å². The summed E-state index contributed by atoms with van der Waals surface area (Å²) < 4.78 is 0. The molecule has 0 fully saturated rings. The second kappa shape index (κ2) is 3.02. The lowest BCUT2D eigenvalue weighted by Gasteiger charge is -2.10. The van der Waals surface area contributed by atoms with Gasteiger partial charge < -0.3 is 0 Å². The highest BCUT2D eigenvalue weighted by molar-refractivity contribution is 6.64. The van der Waals surface area contributed by atoms with Crippen molar-refractivity contribution in [2.24, 2.45) is 5.92 Å². The van der Waals surface area contributed by atoms with E-state index in [0.717, 1.165) is 0 Å². The molecule has 0 aromatic carbocycles. The molecule has 0 aromatic rings. The van der Waals surface area contributed by atoms with E-state index in [4.69, 9.17) is 0 Å². The summed E-state index contributed by atoms with van der Waals surface area (Å²) >= 11 is 0. The van der Waals surface area contributed by atoms with Crippen molar-refractivity contribution < 1.29 is 0 Å². The van der Waals surface area contributed by atoms with Crippen LogP contribution in [0, 0.1) is 5.92 Å². The van der Waals surface area contributed by atoms with Crippen molar-refractivity contribution in [2.75, 3.05) is 0 Å². The van der Waals surface area contributed by atoms with Crippen molar-refractivity contribution in [1.29, 1.82) is 0 Å². The lowest BCUT2D eigenvalue weighted by Crippen LogP contribution is -2.10. The topological polar surface area (TPSA) is 0 Å². The molecule has 0 saturated heterocycles. The first kappa shape index (κ1) is 7.54. The number of hydrogen-bond acceptors (Lipinski definition) is 0. The first-order valence-corrected chi connectivity index (χ1v) is 6.65. The van der Waals surface area contributed by atoms with Gasteiger partial charge in [0.2, 0.25) is 0 Å². The summed E-state index contributed by atoms with van der Waals surface area (Å²) in [6.07, 6.45) is 8.65. The van der Waals surface area contributed by atoms with Crippen molar-refractivity contribution in [3.05, 3.63) is 36.1 Å². The third-order valence-corrected chi connectivity index (χ3v) is 3.82. The van der Waals surface area contributed by atoms with E-state index in [1.807, 2.05) is 6.08 Å². The van der Waals surface area contributed by atoms with Crippen molar-refractivity contribution in [2.45, 2.75) is 13.1 Å². The Bertz CT molecular complexity index is 187. The van der Waals surface area contributed by atoms with Crippen LogP contribution in [0.3, 0.4) is 0 Å². The predicted molar refractivity (Wildman–Crippen MR) is 49.8 cm³/mol. The van der Waals surface area contributed by atoms with Crippen LogP contribution in [-0.4, -0.2) is 8.80 Å². The van der Waals surface area contributed by atoms with Crippen LogP contribution in [-0.2, 0) is 0 Å². The summed E-state index contributed by atoms with van der Waals surface area (Å²) in [5, 5.41) is 1.62. The minimum Gasteiger partial charge on any atom is -0.102 e. The van der Waals surface area contributed by atoms with Gasteiger partial charge in [0, 0.05) is 5.92 Å². The van der Waals surface area contributed by atoms with Crippen molar-refractivity contribution in [1.82, 2.24) is 0 Å². The summed E-state index contributed by atoms with van der Waals surface area (Å²) in [6, 6.07) is 0. The smallest absolute Gasteiger partial charge is 0.0607 e. The fraction of sp³-hybridized carbons (Fsp3) is 0.333. The molecule has 0 N–H and O–H groups in total. The molecule has 10 heavy (non-hydrogen) atoms. The zero-order chi connectivity index (χ0) is 7.56. The minimum absolute atomic E-state index is 0.562. The van der Waals surface area contributed by atoms with Gasteiger partial charge in [-0.1, -0.05) is 42.6 Å². The van der Waals surface area contributed by atoms with E-state index in [-0.39, 0.29) is 0 Å². The molecular formula is C9H14Si. The Morgan fingerprint density at radius 1 is 1.60 bits per heavy atom. The standard InChI is InChI=1S/C9H14Si/c1-4-8-6-5-7-9(8)10(2)3/h4-8,10H,1H2,2-3H3. The van der Waals surface area contributed by atoms with E-state index in [1.54, 1.807) is 5.20 Å². The summed E-state index contributed by atoms with van der Waals surface area (Å²) in [4.78, 5) is 0. The fourth-order valence-electron chi connectivity index (χ4n) is 1.30. The number of rotatable bonds is 2. The third-order valence-electron chi connectivity index (χ3n) is 1.91. The molecule has 1 aliphatic rings. The molecule has 1 unspecified atom stereocenters. The number of hydrogen-bond donors (Lipinski definition) is 0. The molecule has 1 heteroatoms. The second-order valence-electron chi connectivity index (χ2n) is 2.97. The van der Waals surface area contributed by atoms with E-state index in [9.17, 15) is 0 Å². The molecule has 0 aliphatic heterocycles. The molecular weight excluding hydrogens is 136 g/mol. The average Bonchev–Trinajstić information content (AvgIpc) is 2.33. The van der Waals surface area contributed by atoms with Gasteiger partial charge in [-0.2, -0.15) is 0 Å². The fourth-order valence-corrected chi connectivity index (χ4v) is 2.81. The molecule has 0 aromatic heterocycles. The Morgan fingerprint density at radius 3 is 2.70 bits per heavy atom. The van der Waals surface area contributed by atoms with Crippen LogP contribution in [0.5, 0.6) is 0 Å². The molecule has 1 atom stereocenters. The zero-order valence-electron chi connectivity index (χ0n) is 6.67. The molecule has 1 aliphatic carbocycles. The minimum atomic E-state index is -0.571. The predicted octanol–water partition coefficient (Wildman–Crippen LogP) is 2.31. The van der Waals surface area contributed by atoms with Gasteiger partial charge in [-0.25, -0.2) is 0 Å². The molecule has 0 nitrogen and oxygen atoms in total. The number of allylic oxidation sites excluding steroid dienone is 5. The lowest BCUT2D eigenvalue weighted by molar-refractivity contribution is 1.06. The maximum atomic E-state index is 3.81. The van der Waals surface area contributed by atoms with Crippen molar-refractivity contribution >= 4 is 8.80 Å². The SMILES string of the molecule is C=CC1C=CC=C1[SiH](C)C. The van der Waals surface area contributed by atoms with Crippen molar-refractivity contribution in [3.63, 3.8) is 0 Å². The summed E-state index contributed by atoms with van der Waals surface area (Å²) in [6.45, 7) is 8.52. The Balaban J connectivity index is 2.71. The van der Waals surface area contributed by atoms with Crippen LogP contribution in [0.1, 0.15) is 0 Å². The summed E-state index contributed by atoms with van der Waals surface area (Å²) in [5.74, 6) is 0.562. The molecule has 0 amide bonds. The van der Waals surface area contributed by atoms with Crippen LogP contribution < -0.4 is 0 Å².